The Hall–Kier alpha value is -2.53. The molecule has 1 aliphatic rings. The first-order chi connectivity index (χ1) is 13.6. The molecule has 28 heavy (non-hydrogen) atoms. The predicted molar refractivity (Wildman–Crippen MR) is 114 cm³/mol. The zero-order valence-electron chi connectivity index (χ0n) is 17.2. The second kappa shape index (κ2) is 9.60. The number of ether oxygens (including phenoxy) is 1. The molecule has 2 aromatic rings. The minimum absolute atomic E-state index is 0.0136. The number of hydrogen-bond acceptors (Lipinski definition) is 3. The summed E-state index contributed by atoms with van der Waals surface area (Å²) in [5, 5.41) is 3.18. The lowest BCUT2D eigenvalue weighted by Crippen LogP contribution is -2.49. The summed E-state index contributed by atoms with van der Waals surface area (Å²) in [6, 6.07) is 14.5. The summed E-state index contributed by atoms with van der Waals surface area (Å²) in [5.74, 6) is 0.879. The van der Waals surface area contributed by atoms with E-state index >= 15 is 0 Å². The molecule has 5 heteroatoms. The van der Waals surface area contributed by atoms with E-state index in [0.29, 0.717) is 0 Å². The van der Waals surface area contributed by atoms with Gasteiger partial charge < -0.3 is 15.0 Å². The van der Waals surface area contributed by atoms with Crippen LogP contribution >= 0.6 is 0 Å². The van der Waals surface area contributed by atoms with Crippen molar-refractivity contribution in [3.05, 3.63) is 59.2 Å². The maximum absolute atomic E-state index is 12.8. The number of benzene rings is 2. The van der Waals surface area contributed by atoms with Gasteiger partial charge in [0, 0.05) is 38.4 Å². The molecule has 1 N–H and O–H groups in total. The third-order valence-corrected chi connectivity index (χ3v) is 5.46. The molecule has 0 spiro atoms. The zero-order valence-corrected chi connectivity index (χ0v) is 17.2. The largest absolute Gasteiger partial charge is 0.497 e. The number of nitrogens with one attached hydrogen (secondary N) is 1. The molecule has 1 aliphatic heterocycles. The number of methoxy groups -OCH3 is 1. The number of carbonyl (C=O) groups excluding carboxylic acids is 1. The number of nitrogens with zero attached hydrogens (tertiary/aromatic N) is 2. The number of urea groups is 1. The van der Waals surface area contributed by atoms with Crippen LogP contribution in [0.25, 0.3) is 0 Å². The molecule has 0 aliphatic carbocycles. The molecule has 2 amide bonds. The summed E-state index contributed by atoms with van der Waals surface area (Å²) in [4.78, 5) is 17.1. The first kappa shape index (κ1) is 20.2. The van der Waals surface area contributed by atoms with Crippen LogP contribution in [-0.2, 0) is 19.4 Å². The van der Waals surface area contributed by atoms with Gasteiger partial charge in [0.15, 0.2) is 0 Å². The Kier molecular flexibility index (Phi) is 6.93. The number of aryl methyl sites for hydroxylation is 2. The van der Waals surface area contributed by atoms with Gasteiger partial charge in [-0.05, 0) is 41.7 Å². The summed E-state index contributed by atoms with van der Waals surface area (Å²) >= 11 is 0. The van der Waals surface area contributed by atoms with E-state index in [-0.39, 0.29) is 6.03 Å². The summed E-state index contributed by atoms with van der Waals surface area (Å²) in [6.45, 7) is 8.42. The molecule has 0 aromatic heterocycles. The average Bonchev–Trinajstić information content (AvgIpc) is 2.75. The lowest BCUT2D eigenvalue weighted by atomic mass is 10.0. The van der Waals surface area contributed by atoms with Crippen molar-refractivity contribution in [1.29, 1.82) is 0 Å². The molecule has 3 rings (SSSR count). The molecular weight excluding hydrogens is 350 g/mol. The Bertz CT molecular complexity index is 759. The molecule has 1 fully saturated rings. The Morgan fingerprint density at radius 2 is 1.57 bits per heavy atom. The predicted octanol–water partition coefficient (Wildman–Crippen LogP) is 4.17. The highest BCUT2D eigenvalue weighted by Gasteiger charge is 2.22. The molecule has 2 aromatic carbocycles. The van der Waals surface area contributed by atoms with Crippen LogP contribution in [0.15, 0.2) is 42.5 Å². The number of hydrogen-bond donors (Lipinski definition) is 1. The van der Waals surface area contributed by atoms with Crippen molar-refractivity contribution in [3.63, 3.8) is 0 Å². The number of anilines is 1. The monoisotopic (exact) mass is 381 g/mol. The molecule has 0 saturated carbocycles. The van der Waals surface area contributed by atoms with Crippen molar-refractivity contribution in [2.45, 2.75) is 33.2 Å². The van der Waals surface area contributed by atoms with E-state index in [0.717, 1.165) is 57.0 Å². The number of para-hydroxylation sites is 1. The van der Waals surface area contributed by atoms with Crippen LogP contribution in [0.5, 0.6) is 5.75 Å². The van der Waals surface area contributed by atoms with Crippen molar-refractivity contribution in [3.8, 4) is 5.75 Å². The van der Waals surface area contributed by atoms with Gasteiger partial charge in [0.05, 0.1) is 7.11 Å². The second-order valence-corrected chi connectivity index (χ2v) is 7.20. The van der Waals surface area contributed by atoms with Crippen LogP contribution in [0, 0.1) is 0 Å². The van der Waals surface area contributed by atoms with Gasteiger partial charge in [0.2, 0.25) is 0 Å². The standard InChI is InChI=1S/C23H31N3O2/c1-4-19-7-6-8-20(5-2)22(19)24-23(27)26-15-13-25(14-16-26)17-18-9-11-21(28-3)12-10-18/h6-12H,4-5,13-17H2,1-3H3,(H,24,27). The first-order valence-corrected chi connectivity index (χ1v) is 10.2. The molecule has 0 unspecified atom stereocenters. The number of carbonyl (C=O) groups is 1. The molecule has 0 atom stereocenters. The number of amides is 2. The Balaban J connectivity index is 1.55. The van der Waals surface area contributed by atoms with E-state index in [1.807, 2.05) is 17.0 Å². The smallest absolute Gasteiger partial charge is 0.321 e. The van der Waals surface area contributed by atoms with Gasteiger partial charge in [-0.25, -0.2) is 4.79 Å². The molecule has 0 radical (unpaired) electrons. The van der Waals surface area contributed by atoms with Gasteiger partial charge in [0.1, 0.15) is 5.75 Å². The lowest BCUT2D eigenvalue weighted by Gasteiger charge is -2.35. The summed E-state index contributed by atoms with van der Waals surface area (Å²) in [7, 11) is 1.68. The fourth-order valence-electron chi connectivity index (χ4n) is 3.69. The zero-order chi connectivity index (χ0) is 19.9. The SMILES string of the molecule is CCc1cccc(CC)c1NC(=O)N1CCN(Cc2ccc(OC)cc2)CC1. The molecule has 1 heterocycles. The maximum Gasteiger partial charge on any atom is 0.321 e. The average molecular weight is 382 g/mol. The fraction of sp³-hybridized carbons (Fsp3) is 0.435. The van der Waals surface area contributed by atoms with Crippen LogP contribution < -0.4 is 10.1 Å². The van der Waals surface area contributed by atoms with Crippen LogP contribution in [0.3, 0.4) is 0 Å². The highest BCUT2D eigenvalue weighted by Crippen LogP contribution is 2.23. The Labute approximate surface area is 168 Å². The molecule has 150 valence electrons. The van der Waals surface area contributed by atoms with Gasteiger partial charge in [-0.1, -0.05) is 44.2 Å². The van der Waals surface area contributed by atoms with Crippen molar-refractivity contribution in [2.24, 2.45) is 0 Å². The minimum Gasteiger partial charge on any atom is -0.497 e. The van der Waals surface area contributed by atoms with Gasteiger partial charge >= 0.3 is 6.03 Å². The molecule has 0 bridgehead atoms. The third-order valence-electron chi connectivity index (χ3n) is 5.46. The van der Waals surface area contributed by atoms with E-state index in [9.17, 15) is 4.79 Å². The molecular formula is C23H31N3O2. The van der Waals surface area contributed by atoms with Crippen molar-refractivity contribution >= 4 is 11.7 Å². The second-order valence-electron chi connectivity index (χ2n) is 7.20. The van der Waals surface area contributed by atoms with Crippen LogP contribution in [-0.4, -0.2) is 49.1 Å². The summed E-state index contributed by atoms with van der Waals surface area (Å²) in [5.41, 5.74) is 4.66. The summed E-state index contributed by atoms with van der Waals surface area (Å²) < 4.78 is 5.22. The minimum atomic E-state index is 0.0136. The first-order valence-electron chi connectivity index (χ1n) is 10.2. The van der Waals surface area contributed by atoms with Gasteiger partial charge in [0.25, 0.3) is 0 Å². The number of rotatable bonds is 6. The van der Waals surface area contributed by atoms with Crippen LogP contribution in [0.1, 0.15) is 30.5 Å². The van der Waals surface area contributed by atoms with Crippen molar-refractivity contribution in [2.75, 3.05) is 38.6 Å². The summed E-state index contributed by atoms with van der Waals surface area (Å²) in [6.07, 6.45) is 1.83. The van der Waals surface area contributed by atoms with Gasteiger partial charge in [-0.2, -0.15) is 0 Å². The highest BCUT2D eigenvalue weighted by molar-refractivity contribution is 5.91. The topological polar surface area (TPSA) is 44.8 Å². The van der Waals surface area contributed by atoms with E-state index in [1.165, 1.54) is 16.7 Å². The van der Waals surface area contributed by atoms with Crippen LogP contribution in [0.2, 0.25) is 0 Å². The van der Waals surface area contributed by atoms with E-state index in [2.05, 4.69) is 54.4 Å². The molecule has 5 nitrogen and oxygen atoms in total. The lowest BCUT2D eigenvalue weighted by molar-refractivity contribution is 0.143. The maximum atomic E-state index is 12.8. The van der Waals surface area contributed by atoms with Gasteiger partial charge in [-0.3, -0.25) is 4.90 Å². The van der Waals surface area contributed by atoms with Gasteiger partial charge in [-0.15, -0.1) is 0 Å². The van der Waals surface area contributed by atoms with Crippen molar-refractivity contribution in [1.82, 2.24) is 9.80 Å². The quantitative estimate of drug-likeness (QED) is 0.817. The van der Waals surface area contributed by atoms with E-state index in [4.69, 9.17) is 4.74 Å². The fourth-order valence-corrected chi connectivity index (χ4v) is 3.69. The van der Waals surface area contributed by atoms with E-state index in [1.54, 1.807) is 7.11 Å². The Morgan fingerprint density at radius 1 is 0.964 bits per heavy atom. The van der Waals surface area contributed by atoms with Crippen molar-refractivity contribution < 1.29 is 9.53 Å². The molecule has 1 saturated heterocycles. The normalized spacial score (nSPS) is 14.8. The van der Waals surface area contributed by atoms with Crippen LogP contribution in [0.4, 0.5) is 10.5 Å². The van der Waals surface area contributed by atoms with E-state index < -0.39 is 0 Å². The Morgan fingerprint density at radius 3 is 2.11 bits per heavy atom. The third kappa shape index (κ3) is 4.84. The number of piperazine rings is 1. The highest BCUT2D eigenvalue weighted by atomic mass is 16.5.